The first kappa shape index (κ1) is 21.3. The van der Waals surface area contributed by atoms with Gasteiger partial charge in [0.1, 0.15) is 0 Å². The second-order valence-electron chi connectivity index (χ2n) is 8.85. The minimum absolute atomic E-state index is 0.0420. The molecule has 5 rings (SSSR count). The molecule has 33 heavy (non-hydrogen) atoms. The first-order valence-electron chi connectivity index (χ1n) is 12.0. The molecule has 0 radical (unpaired) electrons. The van der Waals surface area contributed by atoms with Gasteiger partial charge in [-0.3, -0.25) is 9.59 Å². The Kier molecular flexibility index (Phi) is 5.91. The van der Waals surface area contributed by atoms with E-state index in [0.717, 1.165) is 25.8 Å². The van der Waals surface area contributed by atoms with Crippen molar-refractivity contribution in [3.63, 3.8) is 0 Å². The Morgan fingerprint density at radius 1 is 0.788 bits per heavy atom. The Bertz CT molecular complexity index is 1340. The van der Waals surface area contributed by atoms with Crippen molar-refractivity contribution in [2.75, 3.05) is 0 Å². The van der Waals surface area contributed by atoms with Gasteiger partial charge in [0.25, 0.3) is 0 Å². The molecule has 1 aliphatic carbocycles. The molecule has 0 spiro atoms. The van der Waals surface area contributed by atoms with Gasteiger partial charge in [-0.1, -0.05) is 86.5 Å². The van der Waals surface area contributed by atoms with Gasteiger partial charge in [-0.15, -0.1) is 0 Å². The zero-order valence-electron chi connectivity index (χ0n) is 19.1. The topological polar surface area (TPSA) is 43.0 Å². The molecule has 0 saturated carbocycles. The maximum Gasteiger partial charge on any atom is 0.244 e. The summed E-state index contributed by atoms with van der Waals surface area (Å²) in [7, 11) is 0. The quantitative estimate of drug-likeness (QED) is 0.237. The minimum Gasteiger partial charge on any atom is -0.284 e. The van der Waals surface area contributed by atoms with Gasteiger partial charge in [-0.2, -0.15) is 0 Å². The summed E-state index contributed by atoms with van der Waals surface area (Å²) in [5, 5.41) is 2.46. The third-order valence-corrected chi connectivity index (χ3v) is 6.68. The molecule has 0 saturated heterocycles. The van der Waals surface area contributed by atoms with E-state index < -0.39 is 0 Å². The van der Waals surface area contributed by atoms with E-state index in [4.69, 9.17) is 0 Å². The van der Waals surface area contributed by atoms with Crippen molar-refractivity contribution in [1.29, 1.82) is 0 Å². The van der Waals surface area contributed by atoms with Crippen molar-refractivity contribution >= 4 is 22.3 Å². The van der Waals surface area contributed by atoms with Gasteiger partial charge in [0, 0.05) is 17.5 Å². The van der Waals surface area contributed by atoms with Crippen LogP contribution in [-0.2, 0) is 19.5 Å². The first-order valence-corrected chi connectivity index (χ1v) is 12.0. The fourth-order valence-corrected chi connectivity index (χ4v) is 4.97. The molecule has 1 aliphatic rings. The van der Waals surface area contributed by atoms with E-state index in [1.165, 1.54) is 29.2 Å². The highest BCUT2D eigenvalue weighted by Crippen LogP contribution is 2.27. The molecule has 0 atom stereocenters. The predicted octanol–water partition coefficient (Wildman–Crippen LogP) is 5.53. The Morgan fingerprint density at radius 2 is 1.52 bits per heavy atom. The molecule has 0 bridgehead atoms. The number of imidazole rings is 1. The van der Waals surface area contributed by atoms with Gasteiger partial charge in [0.05, 0.1) is 13.1 Å². The summed E-state index contributed by atoms with van der Waals surface area (Å²) in [4.78, 5) is 26.9. The Labute approximate surface area is 194 Å². The van der Waals surface area contributed by atoms with Gasteiger partial charge < -0.3 is 0 Å². The number of benzene rings is 3. The lowest BCUT2D eigenvalue weighted by Gasteiger charge is -2.13. The molecule has 3 aromatic carbocycles. The summed E-state index contributed by atoms with van der Waals surface area (Å²) < 4.78 is 4.03. The Morgan fingerprint density at radius 3 is 2.33 bits per heavy atom. The maximum absolute atomic E-state index is 13.5. The second kappa shape index (κ2) is 9.14. The number of aryl methyl sites for hydroxylation is 3. The van der Waals surface area contributed by atoms with Crippen molar-refractivity contribution in [2.24, 2.45) is 0 Å². The Hall–Kier alpha value is -3.53. The van der Waals surface area contributed by atoms with Gasteiger partial charge >= 0.3 is 0 Å². The van der Waals surface area contributed by atoms with E-state index in [2.05, 4.69) is 49.4 Å². The van der Waals surface area contributed by atoms with Gasteiger partial charge in [0.15, 0.2) is 0 Å². The van der Waals surface area contributed by atoms with Crippen molar-refractivity contribution < 1.29 is 14.2 Å². The van der Waals surface area contributed by atoms with Crippen LogP contribution in [0, 0.1) is 0 Å². The number of carbonyl (C=O) groups excluding carboxylic acids is 2. The maximum atomic E-state index is 13.5. The van der Waals surface area contributed by atoms with Crippen molar-refractivity contribution in [3.8, 4) is 0 Å². The number of aromatic nitrogens is 2. The highest BCUT2D eigenvalue weighted by molar-refractivity contribution is 6.26. The van der Waals surface area contributed by atoms with E-state index in [-0.39, 0.29) is 11.6 Å². The molecule has 4 aromatic rings. The molecule has 1 heterocycles. The number of nitrogens with zero attached hydrogens (tertiary/aromatic N) is 2. The summed E-state index contributed by atoms with van der Waals surface area (Å²) in [6, 6.07) is 22.0. The number of ketones is 2. The van der Waals surface area contributed by atoms with Crippen LogP contribution in [0.3, 0.4) is 0 Å². The first-order chi connectivity index (χ1) is 16.2. The number of hydrogen-bond donors (Lipinski definition) is 0. The van der Waals surface area contributed by atoms with Crippen molar-refractivity contribution in [1.82, 2.24) is 4.57 Å². The molecule has 166 valence electrons. The van der Waals surface area contributed by atoms with Crippen LogP contribution in [0.25, 0.3) is 10.8 Å². The third-order valence-electron chi connectivity index (χ3n) is 6.68. The highest BCUT2D eigenvalue weighted by atomic mass is 16.1. The summed E-state index contributed by atoms with van der Waals surface area (Å²) in [6.07, 6.45) is 7.25. The van der Waals surface area contributed by atoms with E-state index in [9.17, 15) is 9.59 Å². The fraction of sp³-hybridized carbons (Fsp3) is 0.276. The summed E-state index contributed by atoms with van der Waals surface area (Å²) in [5.74, 6) is -0.0926. The smallest absolute Gasteiger partial charge is 0.244 e. The zero-order valence-corrected chi connectivity index (χ0v) is 19.1. The van der Waals surface area contributed by atoms with Crippen LogP contribution in [0.1, 0.15) is 70.3 Å². The fourth-order valence-electron chi connectivity index (χ4n) is 4.97. The second-order valence-corrected chi connectivity index (χ2v) is 8.85. The van der Waals surface area contributed by atoms with Crippen LogP contribution in [-0.4, -0.2) is 16.1 Å². The third kappa shape index (κ3) is 3.91. The summed E-state index contributed by atoms with van der Waals surface area (Å²) >= 11 is 0. The molecular formula is C29H29N2O2+. The predicted molar refractivity (Wildman–Crippen MR) is 130 cm³/mol. The number of rotatable bonds is 8. The van der Waals surface area contributed by atoms with E-state index in [1.54, 1.807) is 12.1 Å². The molecule has 0 amide bonds. The van der Waals surface area contributed by atoms with E-state index in [1.807, 2.05) is 27.6 Å². The summed E-state index contributed by atoms with van der Waals surface area (Å²) in [5.41, 5.74) is 3.37. The van der Waals surface area contributed by atoms with Crippen LogP contribution < -0.4 is 4.57 Å². The van der Waals surface area contributed by atoms with Crippen molar-refractivity contribution in [3.05, 3.63) is 101 Å². The van der Waals surface area contributed by atoms with Crippen LogP contribution in [0.5, 0.6) is 0 Å². The molecule has 0 N–H and O–H groups in total. The molecular weight excluding hydrogens is 408 g/mol. The zero-order chi connectivity index (χ0) is 22.8. The van der Waals surface area contributed by atoms with Gasteiger partial charge in [-0.05, 0) is 29.2 Å². The SMILES string of the molecule is CCCCCC[n+]1cn(CCc2cccc3ccccc23)c2c1C(=O)c1ccccc1C2=O. The molecule has 1 aromatic heterocycles. The lowest BCUT2D eigenvalue weighted by atomic mass is 9.89. The Balaban J connectivity index is 1.51. The van der Waals surface area contributed by atoms with E-state index >= 15 is 0 Å². The van der Waals surface area contributed by atoms with Crippen LogP contribution in [0.4, 0.5) is 0 Å². The summed E-state index contributed by atoms with van der Waals surface area (Å²) in [6.45, 7) is 3.60. The van der Waals surface area contributed by atoms with Gasteiger partial charge in [-0.25, -0.2) is 9.13 Å². The van der Waals surface area contributed by atoms with Gasteiger partial charge in [0.2, 0.25) is 29.3 Å². The molecule has 0 fully saturated rings. The van der Waals surface area contributed by atoms with Crippen LogP contribution in [0.15, 0.2) is 73.1 Å². The van der Waals surface area contributed by atoms with Crippen molar-refractivity contribution in [2.45, 2.75) is 52.1 Å². The number of fused-ring (bicyclic) bond motifs is 3. The lowest BCUT2D eigenvalue weighted by Crippen LogP contribution is -2.40. The van der Waals surface area contributed by atoms with Crippen LogP contribution >= 0.6 is 0 Å². The highest BCUT2D eigenvalue weighted by Gasteiger charge is 2.40. The van der Waals surface area contributed by atoms with Crippen LogP contribution in [0.2, 0.25) is 0 Å². The average molecular weight is 438 g/mol. The standard InChI is InChI=1S/C29H29N2O2/c1-2-3-4-9-18-30-20-31(19-17-22-13-10-12-21-11-5-6-14-23(21)22)27-26(30)28(32)24-15-7-8-16-25(24)29(27)33/h5-8,10-16,20H,2-4,9,17-19H2,1H3/q+1. The molecule has 4 nitrogen and oxygen atoms in total. The van der Waals surface area contributed by atoms with E-state index in [0.29, 0.717) is 29.1 Å². The normalized spacial score (nSPS) is 12.8. The molecule has 0 unspecified atom stereocenters. The number of unbranched alkanes of at least 4 members (excludes halogenated alkanes) is 3. The molecule has 4 heteroatoms. The number of carbonyl (C=O) groups is 2. The average Bonchev–Trinajstić information content (AvgIpc) is 3.22. The lowest BCUT2D eigenvalue weighted by molar-refractivity contribution is -0.698. The molecule has 0 aliphatic heterocycles. The number of hydrogen-bond acceptors (Lipinski definition) is 2. The monoisotopic (exact) mass is 437 g/mol. The largest absolute Gasteiger partial charge is 0.284 e. The minimum atomic E-state index is -0.0505.